The SMILES string of the molecule is CCCC1OC2CC3C4C[C@H](F)C5=CC(=O)C=CC5(C)[C@@]4(F)C(O)CC3(C)C2(C(=O)COCN)O1. The number of rotatable bonds is 6. The Hall–Kier alpha value is -1.52. The summed E-state index contributed by atoms with van der Waals surface area (Å²) in [5.74, 6) is -2.14. The molecule has 4 fully saturated rings. The van der Waals surface area contributed by atoms with Crippen LogP contribution in [0.15, 0.2) is 23.8 Å². The van der Waals surface area contributed by atoms with Crippen molar-refractivity contribution in [1.82, 2.24) is 0 Å². The quantitative estimate of drug-likeness (QED) is 0.546. The monoisotopic (exact) mass is 495 g/mol. The number of carbonyl (C=O) groups excluding carboxylic acids is 2. The van der Waals surface area contributed by atoms with Gasteiger partial charge in [0.2, 0.25) is 0 Å². The predicted molar refractivity (Wildman–Crippen MR) is 121 cm³/mol. The number of nitrogens with two attached hydrogens (primary N) is 1. The van der Waals surface area contributed by atoms with E-state index in [0.717, 1.165) is 6.42 Å². The zero-order valence-corrected chi connectivity index (χ0v) is 20.5. The predicted octanol–water partition coefficient (Wildman–Crippen LogP) is 2.70. The number of allylic oxidation sites excluding steroid dienone is 4. The summed E-state index contributed by atoms with van der Waals surface area (Å²) in [6.45, 7) is 4.94. The molecule has 0 aromatic carbocycles. The second-order valence-electron chi connectivity index (χ2n) is 11.2. The minimum absolute atomic E-state index is 0.0701. The van der Waals surface area contributed by atoms with E-state index in [0.29, 0.717) is 12.8 Å². The largest absolute Gasteiger partial charge is 0.390 e. The average Bonchev–Trinajstić information content (AvgIpc) is 3.28. The van der Waals surface area contributed by atoms with Crippen molar-refractivity contribution in [2.45, 2.75) is 88.8 Å². The Bertz CT molecular complexity index is 987. The molecule has 1 heterocycles. The molecule has 9 heteroatoms. The third-order valence-electron chi connectivity index (χ3n) is 9.71. The van der Waals surface area contributed by atoms with Crippen LogP contribution < -0.4 is 5.73 Å². The average molecular weight is 496 g/mol. The Morgan fingerprint density at radius 3 is 2.74 bits per heavy atom. The van der Waals surface area contributed by atoms with Gasteiger partial charge in [0.25, 0.3) is 0 Å². The van der Waals surface area contributed by atoms with Crippen LogP contribution in [0, 0.1) is 22.7 Å². The van der Waals surface area contributed by atoms with E-state index >= 15 is 8.78 Å². The molecule has 1 aliphatic heterocycles. The molecule has 4 aliphatic carbocycles. The summed E-state index contributed by atoms with van der Waals surface area (Å²) in [4.78, 5) is 25.7. The highest BCUT2D eigenvalue weighted by molar-refractivity contribution is 6.01. The fraction of sp³-hybridized carbons (Fsp3) is 0.769. The van der Waals surface area contributed by atoms with Gasteiger partial charge < -0.3 is 25.1 Å². The third-order valence-corrected chi connectivity index (χ3v) is 9.71. The zero-order valence-electron chi connectivity index (χ0n) is 20.5. The van der Waals surface area contributed by atoms with E-state index in [1.54, 1.807) is 6.92 Å². The number of Topliss-reactive ketones (excluding diaryl/α,β-unsaturated/α-hetero) is 1. The molecule has 0 radical (unpaired) electrons. The highest BCUT2D eigenvalue weighted by Crippen LogP contribution is 2.72. The van der Waals surface area contributed by atoms with Crippen LogP contribution >= 0.6 is 0 Å². The molecule has 8 unspecified atom stereocenters. The first-order valence-electron chi connectivity index (χ1n) is 12.6. The van der Waals surface area contributed by atoms with Crippen molar-refractivity contribution in [3.8, 4) is 0 Å². The first-order valence-corrected chi connectivity index (χ1v) is 12.6. The van der Waals surface area contributed by atoms with Crippen LogP contribution in [0.1, 0.15) is 52.9 Å². The first-order chi connectivity index (χ1) is 16.5. The number of ketones is 2. The summed E-state index contributed by atoms with van der Waals surface area (Å²) in [7, 11) is 0. The number of hydrogen-bond donors (Lipinski definition) is 2. The molecule has 0 spiro atoms. The van der Waals surface area contributed by atoms with E-state index in [2.05, 4.69) is 0 Å². The van der Waals surface area contributed by atoms with Crippen LogP contribution in [0.5, 0.6) is 0 Å². The molecule has 35 heavy (non-hydrogen) atoms. The molecule has 0 aromatic rings. The van der Waals surface area contributed by atoms with Gasteiger partial charge in [0, 0.05) is 16.7 Å². The lowest BCUT2D eigenvalue weighted by molar-refractivity contribution is -0.235. The Morgan fingerprint density at radius 1 is 1.31 bits per heavy atom. The third kappa shape index (κ3) is 3.05. The van der Waals surface area contributed by atoms with Crippen LogP contribution in [-0.4, -0.2) is 66.0 Å². The second-order valence-corrected chi connectivity index (χ2v) is 11.2. The Morgan fingerprint density at radius 2 is 2.06 bits per heavy atom. The number of alkyl halides is 2. The smallest absolute Gasteiger partial charge is 0.193 e. The van der Waals surface area contributed by atoms with Gasteiger partial charge in [0.05, 0.1) is 18.9 Å². The first kappa shape index (κ1) is 25.1. The van der Waals surface area contributed by atoms with Gasteiger partial charge in [0.15, 0.2) is 29.1 Å². The minimum atomic E-state index is -2.22. The molecule has 0 bridgehead atoms. The van der Waals surface area contributed by atoms with Crippen LogP contribution in [0.25, 0.3) is 0 Å². The maximum absolute atomic E-state index is 17.3. The van der Waals surface area contributed by atoms with E-state index in [1.807, 2.05) is 13.8 Å². The van der Waals surface area contributed by atoms with Gasteiger partial charge in [-0.25, -0.2) is 8.78 Å². The summed E-state index contributed by atoms with van der Waals surface area (Å²) in [5, 5.41) is 11.5. The van der Waals surface area contributed by atoms with E-state index in [4.69, 9.17) is 19.9 Å². The number of aliphatic hydroxyl groups excluding tert-OH is 1. The van der Waals surface area contributed by atoms with Crippen molar-refractivity contribution in [2.75, 3.05) is 13.3 Å². The zero-order chi connectivity index (χ0) is 25.4. The van der Waals surface area contributed by atoms with Crippen molar-refractivity contribution in [3.63, 3.8) is 0 Å². The molecule has 3 N–H and O–H groups in total. The number of fused-ring (bicyclic) bond motifs is 7. The molecule has 0 amide bonds. The van der Waals surface area contributed by atoms with Crippen LogP contribution in [0.2, 0.25) is 0 Å². The Balaban J connectivity index is 1.60. The summed E-state index contributed by atoms with van der Waals surface area (Å²) >= 11 is 0. The molecule has 7 nitrogen and oxygen atoms in total. The van der Waals surface area contributed by atoms with Crippen LogP contribution in [-0.2, 0) is 23.8 Å². The van der Waals surface area contributed by atoms with Crippen molar-refractivity contribution >= 4 is 11.6 Å². The lowest BCUT2D eigenvalue weighted by Gasteiger charge is -2.63. The molecule has 194 valence electrons. The summed E-state index contributed by atoms with van der Waals surface area (Å²) in [5.41, 5.74) is -0.623. The molecular weight excluding hydrogens is 460 g/mol. The number of aliphatic hydroxyl groups is 1. The molecular formula is C26H35F2NO6. The van der Waals surface area contributed by atoms with Crippen LogP contribution in [0.4, 0.5) is 8.78 Å². The van der Waals surface area contributed by atoms with E-state index in [-0.39, 0.29) is 43.3 Å². The molecule has 10 atom stereocenters. The van der Waals surface area contributed by atoms with Crippen molar-refractivity contribution in [3.05, 3.63) is 23.8 Å². The summed E-state index contributed by atoms with van der Waals surface area (Å²) in [6.07, 6.45) is 0.919. The topological polar surface area (TPSA) is 108 Å². The molecule has 5 rings (SSSR count). The highest BCUT2D eigenvalue weighted by Gasteiger charge is 2.79. The number of carbonyl (C=O) groups is 2. The van der Waals surface area contributed by atoms with Crippen molar-refractivity contribution in [2.24, 2.45) is 28.4 Å². The molecule has 1 saturated heterocycles. The molecule has 5 aliphatic rings. The minimum Gasteiger partial charge on any atom is -0.390 e. The lowest BCUT2D eigenvalue weighted by atomic mass is 9.44. The fourth-order valence-corrected chi connectivity index (χ4v) is 8.14. The Labute approximate surface area is 204 Å². The fourth-order valence-electron chi connectivity index (χ4n) is 8.14. The van der Waals surface area contributed by atoms with Gasteiger partial charge in [-0.05, 0) is 56.3 Å². The van der Waals surface area contributed by atoms with Gasteiger partial charge in [-0.15, -0.1) is 0 Å². The van der Waals surface area contributed by atoms with Crippen LogP contribution in [0.3, 0.4) is 0 Å². The highest BCUT2D eigenvalue weighted by atomic mass is 19.1. The summed E-state index contributed by atoms with van der Waals surface area (Å²) in [6, 6.07) is 0. The van der Waals surface area contributed by atoms with Gasteiger partial charge in [-0.1, -0.05) is 26.3 Å². The maximum Gasteiger partial charge on any atom is 0.193 e. The lowest BCUT2D eigenvalue weighted by Crippen LogP contribution is -2.71. The maximum atomic E-state index is 17.3. The summed E-state index contributed by atoms with van der Waals surface area (Å²) < 4.78 is 50.8. The van der Waals surface area contributed by atoms with E-state index in [9.17, 15) is 14.7 Å². The van der Waals surface area contributed by atoms with Gasteiger partial charge in [-0.2, -0.15) is 0 Å². The van der Waals surface area contributed by atoms with E-state index < -0.39 is 58.6 Å². The van der Waals surface area contributed by atoms with Crippen molar-refractivity contribution < 1.29 is 37.7 Å². The number of halogens is 2. The normalized spacial score (nSPS) is 50.3. The number of hydrogen-bond acceptors (Lipinski definition) is 7. The second kappa shape index (κ2) is 8.25. The number of ether oxygens (including phenoxy) is 3. The Kier molecular flexibility index (Phi) is 5.92. The van der Waals surface area contributed by atoms with Gasteiger partial charge in [-0.3, -0.25) is 9.59 Å². The van der Waals surface area contributed by atoms with Crippen molar-refractivity contribution in [1.29, 1.82) is 0 Å². The molecule has 3 saturated carbocycles. The van der Waals surface area contributed by atoms with E-state index in [1.165, 1.54) is 18.2 Å². The van der Waals surface area contributed by atoms with Gasteiger partial charge >= 0.3 is 0 Å². The van der Waals surface area contributed by atoms with Gasteiger partial charge in [0.1, 0.15) is 12.8 Å². The molecule has 0 aromatic heterocycles. The standard InChI is InChI=1S/C26H35F2NO6/c1-4-5-22-34-21-10-15-16-9-18(27)17-8-14(30)6-7-23(17,2)25(16,28)19(31)11-24(15,3)26(21,35-22)20(32)12-33-13-29/h6-8,15-16,18-19,21-22,31H,4-5,9-13,29H2,1-3H3/t15?,16?,18-,19?,21?,22?,23?,24?,25-,26?/m0/s1.